The van der Waals surface area contributed by atoms with Crippen molar-refractivity contribution in [1.82, 2.24) is 15.0 Å². The number of benzene rings is 2. The third-order valence-electron chi connectivity index (χ3n) is 4.96. The number of halogens is 1. The molecule has 2 aromatic carbocycles. The van der Waals surface area contributed by atoms with Gasteiger partial charge in [-0.25, -0.2) is 0 Å². The van der Waals surface area contributed by atoms with Crippen LogP contribution in [-0.2, 0) is 0 Å². The summed E-state index contributed by atoms with van der Waals surface area (Å²) >= 11 is 5.67. The quantitative estimate of drug-likeness (QED) is 0.560. The summed E-state index contributed by atoms with van der Waals surface area (Å²) in [5.74, 6) is 0.202. The fraction of sp³-hybridized carbons (Fsp3) is 0.429. The second-order valence-corrected chi connectivity index (χ2v) is 7.29. The van der Waals surface area contributed by atoms with Gasteiger partial charge < -0.3 is 15.3 Å². The van der Waals surface area contributed by atoms with Crippen LogP contribution in [0.5, 0.6) is 0 Å². The summed E-state index contributed by atoms with van der Waals surface area (Å²) in [6.45, 7) is 10.8. The van der Waals surface area contributed by atoms with Crippen molar-refractivity contribution in [3.8, 4) is 5.69 Å². The Balaban J connectivity index is 1.92. The summed E-state index contributed by atoms with van der Waals surface area (Å²) in [6, 6.07) is 10.4. The molecule has 28 heavy (non-hydrogen) atoms. The van der Waals surface area contributed by atoms with Crippen molar-refractivity contribution in [3.63, 3.8) is 0 Å². The number of hydrogen-bond donors (Lipinski definition) is 2. The van der Waals surface area contributed by atoms with E-state index in [-0.39, 0.29) is 5.88 Å². The highest BCUT2D eigenvalue weighted by Crippen LogP contribution is 2.25. The molecule has 1 atom stereocenters. The highest BCUT2D eigenvalue weighted by atomic mass is 35.5. The number of aliphatic hydroxyl groups is 1. The Hall–Kier alpha value is -2.31. The summed E-state index contributed by atoms with van der Waals surface area (Å²) in [5, 5.41) is 22.2. The predicted octanol–water partition coefficient (Wildman–Crippen LogP) is 3.90. The first-order valence-electron chi connectivity index (χ1n) is 9.68. The zero-order valence-electron chi connectivity index (χ0n) is 16.9. The van der Waals surface area contributed by atoms with Gasteiger partial charge in [0.25, 0.3) is 0 Å². The maximum Gasteiger partial charge on any atom is 0.115 e. The third-order valence-corrected chi connectivity index (χ3v) is 5.31. The number of fused-ring (bicyclic) bond motifs is 1. The molecule has 2 N–H and O–H groups in total. The molecule has 1 unspecified atom stereocenters. The number of aliphatic hydroxyl groups excluding tert-OH is 1. The summed E-state index contributed by atoms with van der Waals surface area (Å²) in [7, 11) is 0. The monoisotopic (exact) mass is 401 g/mol. The molecule has 7 heteroatoms. The highest BCUT2D eigenvalue weighted by molar-refractivity contribution is 6.18. The Kier molecular flexibility index (Phi) is 6.42. The Morgan fingerprint density at radius 1 is 1.07 bits per heavy atom. The minimum absolute atomic E-state index is 0.202. The molecule has 0 amide bonds. The average Bonchev–Trinajstić information content (AvgIpc) is 3.09. The number of aromatic nitrogens is 3. The first-order valence-corrected chi connectivity index (χ1v) is 10.2. The van der Waals surface area contributed by atoms with Crippen molar-refractivity contribution in [2.45, 2.75) is 33.8 Å². The van der Waals surface area contributed by atoms with Crippen molar-refractivity contribution in [3.05, 3.63) is 41.5 Å². The van der Waals surface area contributed by atoms with Crippen LogP contribution in [0.2, 0.25) is 0 Å². The molecule has 0 bridgehead atoms. The molecule has 0 saturated carbocycles. The molecule has 0 aliphatic heterocycles. The van der Waals surface area contributed by atoms with Crippen LogP contribution >= 0.6 is 11.6 Å². The zero-order valence-corrected chi connectivity index (χ0v) is 17.7. The lowest BCUT2D eigenvalue weighted by Crippen LogP contribution is -2.21. The maximum atomic E-state index is 9.67. The van der Waals surface area contributed by atoms with Crippen molar-refractivity contribution < 1.29 is 5.11 Å². The van der Waals surface area contributed by atoms with Crippen LogP contribution in [0.15, 0.2) is 30.3 Å². The number of nitrogens with zero attached hydrogens (tertiary/aromatic N) is 4. The number of aryl methyl sites for hydroxylation is 2. The van der Waals surface area contributed by atoms with E-state index in [0.29, 0.717) is 6.54 Å². The van der Waals surface area contributed by atoms with E-state index < -0.39 is 6.10 Å². The van der Waals surface area contributed by atoms with E-state index in [4.69, 9.17) is 11.6 Å². The Morgan fingerprint density at radius 2 is 1.75 bits per heavy atom. The molecule has 150 valence electrons. The number of hydrogen-bond acceptors (Lipinski definition) is 5. The standard InChI is InChI=1S/C21H28ClN5O/c1-5-26(6-2)16-7-8-21(15(4)9-16)27-24-19-10-14(3)18(11-20(19)25-27)23-13-17(28)12-22/h7-11,17,23,28H,5-6,12-13H2,1-4H3. The second kappa shape index (κ2) is 8.80. The second-order valence-electron chi connectivity index (χ2n) is 6.98. The van der Waals surface area contributed by atoms with Gasteiger partial charge in [-0.15, -0.1) is 21.8 Å². The average molecular weight is 402 g/mol. The third kappa shape index (κ3) is 4.23. The van der Waals surface area contributed by atoms with E-state index in [2.05, 4.69) is 59.4 Å². The van der Waals surface area contributed by atoms with Crippen LogP contribution in [0.25, 0.3) is 16.7 Å². The summed E-state index contributed by atoms with van der Waals surface area (Å²) in [5.41, 5.74) is 6.94. The van der Waals surface area contributed by atoms with Crippen molar-refractivity contribution in [2.24, 2.45) is 0 Å². The molecular formula is C21H28ClN5O. The van der Waals surface area contributed by atoms with E-state index in [1.54, 1.807) is 4.80 Å². The van der Waals surface area contributed by atoms with Crippen LogP contribution < -0.4 is 10.2 Å². The van der Waals surface area contributed by atoms with Gasteiger partial charge in [0.15, 0.2) is 0 Å². The fourth-order valence-corrected chi connectivity index (χ4v) is 3.41. The van der Waals surface area contributed by atoms with Gasteiger partial charge in [-0.1, -0.05) is 0 Å². The van der Waals surface area contributed by atoms with Crippen LogP contribution in [-0.4, -0.2) is 51.7 Å². The van der Waals surface area contributed by atoms with Gasteiger partial charge in [-0.3, -0.25) is 0 Å². The summed E-state index contributed by atoms with van der Waals surface area (Å²) in [6.07, 6.45) is -0.584. The molecule has 1 aromatic heterocycles. The van der Waals surface area contributed by atoms with Gasteiger partial charge in [0.2, 0.25) is 0 Å². The number of nitrogens with one attached hydrogen (secondary N) is 1. The predicted molar refractivity (Wildman–Crippen MR) is 117 cm³/mol. The van der Waals surface area contributed by atoms with E-state index in [1.807, 2.05) is 19.1 Å². The minimum atomic E-state index is -0.584. The molecule has 0 aliphatic rings. The van der Waals surface area contributed by atoms with E-state index >= 15 is 0 Å². The Bertz CT molecular complexity index is 951. The summed E-state index contributed by atoms with van der Waals surface area (Å²) in [4.78, 5) is 4.02. The normalized spacial score (nSPS) is 12.4. The van der Waals surface area contributed by atoms with Crippen molar-refractivity contribution in [2.75, 3.05) is 35.7 Å². The van der Waals surface area contributed by atoms with Crippen LogP contribution in [0.1, 0.15) is 25.0 Å². The van der Waals surface area contributed by atoms with Gasteiger partial charge in [0, 0.05) is 31.0 Å². The van der Waals surface area contributed by atoms with E-state index in [1.165, 1.54) is 5.69 Å². The van der Waals surface area contributed by atoms with Gasteiger partial charge in [0.05, 0.1) is 17.7 Å². The van der Waals surface area contributed by atoms with Crippen molar-refractivity contribution >= 4 is 34.0 Å². The molecule has 0 radical (unpaired) electrons. The Labute approximate surface area is 171 Å². The molecule has 3 aromatic rings. The lowest BCUT2D eigenvalue weighted by molar-refractivity contribution is 0.211. The van der Waals surface area contributed by atoms with Crippen LogP contribution in [0.4, 0.5) is 11.4 Å². The van der Waals surface area contributed by atoms with E-state index in [9.17, 15) is 5.11 Å². The molecule has 3 rings (SSSR count). The number of alkyl halides is 1. The van der Waals surface area contributed by atoms with Gasteiger partial charge in [0.1, 0.15) is 11.0 Å². The molecule has 0 saturated heterocycles. The lowest BCUT2D eigenvalue weighted by atomic mass is 10.1. The Morgan fingerprint density at radius 3 is 2.36 bits per heavy atom. The van der Waals surface area contributed by atoms with Gasteiger partial charge in [-0.05, 0) is 69.2 Å². The number of rotatable bonds is 8. The molecule has 0 aliphatic carbocycles. The lowest BCUT2D eigenvalue weighted by Gasteiger charge is -2.22. The van der Waals surface area contributed by atoms with E-state index in [0.717, 1.165) is 46.6 Å². The minimum Gasteiger partial charge on any atom is -0.390 e. The summed E-state index contributed by atoms with van der Waals surface area (Å²) < 4.78 is 0. The van der Waals surface area contributed by atoms with Crippen molar-refractivity contribution in [1.29, 1.82) is 0 Å². The van der Waals surface area contributed by atoms with Crippen LogP contribution in [0.3, 0.4) is 0 Å². The van der Waals surface area contributed by atoms with Gasteiger partial charge >= 0.3 is 0 Å². The first kappa shape index (κ1) is 20.4. The topological polar surface area (TPSA) is 66.2 Å². The molecular weight excluding hydrogens is 374 g/mol. The fourth-order valence-electron chi connectivity index (χ4n) is 3.30. The highest BCUT2D eigenvalue weighted by Gasteiger charge is 2.12. The molecule has 6 nitrogen and oxygen atoms in total. The number of anilines is 2. The first-order chi connectivity index (χ1) is 13.5. The van der Waals surface area contributed by atoms with Crippen LogP contribution in [0, 0.1) is 13.8 Å². The zero-order chi connectivity index (χ0) is 20.3. The maximum absolute atomic E-state index is 9.67. The van der Waals surface area contributed by atoms with Gasteiger partial charge in [-0.2, -0.15) is 4.80 Å². The SMILES string of the molecule is CCN(CC)c1ccc(-n2nc3cc(C)c(NCC(O)CCl)cc3n2)c(C)c1. The largest absolute Gasteiger partial charge is 0.390 e. The molecule has 0 spiro atoms. The molecule has 0 fully saturated rings. The smallest absolute Gasteiger partial charge is 0.115 e. The molecule has 1 heterocycles.